The van der Waals surface area contributed by atoms with Crippen molar-refractivity contribution < 1.29 is 9.37 Å². The molecule has 14 heavy (non-hydrogen) atoms. The third-order valence-electron chi connectivity index (χ3n) is 2.21. The number of ether oxygens (including phenoxy) is 1. The summed E-state index contributed by atoms with van der Waals surface area (Å²) in [7, 11) is 0. The van der Waals surface area contributed by atoms with Gasteiger partial charge in [0.05, 0.1) is 0 Å². The zero-order chi connectivity index (χ0) is 9.54. The van der Waals surface area contributed by atoms with Crippen molar-refractivity contribution in [3.8, 4) is 5.75 Å². The lowest BCUT2D eigenvalue weighted by Crippen LogP contribution is -2.09. The van der Waals surface area contributed by atoms with Gasteiger partial charge in [0.25, 0.3) is 0 Å². The highest BCUT2D eigenvalue weighted by molar-refractivity contribution is 5.83. The van der Waals surface area contributed by atoms with Crippen LogP contribution in [0, 0.1) is 0 Å². The van der Waals surface area contributed by atoms with E-state index in [1.165, 1.54) is 0 Å². The molecule has 2 heterocycles. The molecule has 70 valence electrons. The van der Waals surface area contributed by atoms with Crippen LogP contribution >= 0.6 is 0 Å². The second-order valence-electron chi connectivity index (χ2n) is 3.07. The molecule has 0 aliphatic carbocycles. The van der Waals surface area contributed by atoms with Crippen molar-refractivity contribution in [2.75, 3.05) is 6.61 Å². The molecule has 2 aromatic rings. The van der Waals surface area contributed by atoms with E-state index in [0.29, 0.717) is 23.3 Å². The molecule has 0 amide bonds. The Kier molecular flexibility index (Phi) is 1.30. The van der Waals surface area contributed by atoms with Crippen LogP contribution in [0.3, 0.4) is 0 Å². The summed E-state index contributed by atoms with van der Waals surface area (Å²) in [6.45, 7) is 0.496. The van der Waals surface area contributed by atoms with E-state index < -0.39 is 0 Å². The molecular formula is C9H7N3O2. The molecule has 1 aromatic carbocycles. The summed E-state index contributed by atoms with van der Waals surface area (Å²) in [5, 5.41) is 7.46. The van der Waals surface area contributed by atoms with Gasteiger partial charge in [0.2, 0.25) is 0 Å². The van der Waals surface area contributed by atoms with Crippen molar-refractivity contribution in [3.63, 3.8) is 0 Å². The average Bonchev–Trinajstić information content (AvgIpc) is 2.62. The number of rotatable bonds is 0. The van der Waals surface area contributed by atoms with E-state index in [4.69, 9.17) is 10.5 Å². The maximum absolute atomic E-state index is 5.81. The van der Waals surface area contributed by atoms with Crippen molar-refractivity contribution in [3.05, 3.63) is 23.8 Å². The van der Waals surface area contributed by atoms with Gasteiger partial charge in [-0.25, -0.2) is 4.63 Å². The highest BCUT2D eigenvalue weighted by Crippen LogP contribution is 2.30. The Morgan fingerprint density at radius 2 is 2.00 bits per heavy atom. The van der Waals surface area contributed by atoms with Gasteiger partial charge in [-0.2, -0.15) is 0 Å². The summed E-state index contributed by atoms with van der Waals surface area (Å²) in [4.78, 5) is 0. The lowest BCUT2D eigenvalue weighted by atomic mass is 10.1. The fourth-order valence-electron chi connectivity index (χ4n) is 1.49. The van der Waals surface area contributed by atoms with Crippen LogP contribution in [-0.2, 0) is 0 Å². The minimum atomic E-state index is 0.496. The summed E-state index contributed by atoms with van der Waals surface area (Å²) in [6.07, 6.45) is 1.82. The van der Waals surface area contributed by atoms with Crippen LogP contribution in [0.4, 0.5) is 0 Å². The molecule has 5 nitrogen and oxygen atoms in total. The molecule has 0 saturated carbocycles. The van der Waals surface area contributed by atoms with Crippen LogP contribution < -0.4 is 10.5 Å². The molecule has 0 spiro atoms. The normalized spacial score (nSPS) is 14.7. The molecule has 0 fully saturated rings. The summed E-state index contributed by atoms with van der Waals surface area (Å²) in [5.74, 6) is 0.730. The smallest absolute Gasteiger partial charge is 0.138 e. The highest BCUT2D eigenvalue weighted by Gasteiger charge is 2.14. The van der Waals surface area contributed by atoms with Gasteiger partial charge in [0, 0.05) is 17.3 Å². The van der Waals surface area contributed by atoms with Gasteiger partial charge in [-0.3, -0.25) is 0 Å². The quantitative estimate of drug-likeness (QED) is 0.666. The lowest BCUT2D eigenvalue weighted by molar-refractivity contribution is 0.315. The van der Waals surface area contributed by atoms with E-state index in [-0.39, 0.29) is 0 Å². The second-order valence-corrected chi connectivity index (χ2v) is 3.07. The van der Waals surface area contributed by atoms with Crippen molar-refractivity contribution in [1.29, 1.82) is 0 Å². The minimum absolute atomic E-state index is 0.496. The number of hydrogen-bond acceptors (Lipinski definition) is 5. The van der Waals surface area contributed by atoms with Gasteiger partial charge >= 0.3 is 0 Å². The molecule has 0 radical (unpaired) electrons. The predicted octanol–water partition coefficient (Wildman–Crippen LogP) is 0.915. The number of aromatic nitrogens is 2. The Morgan fingerprint density at radius 3 is 2.86 bits per heavy atom. The van der Waals surface area contributed by atoms with E-state index >= 15 is 0 Å². The number of hydrogen-bond donors (Lipinski definition) is 1. The standard InChI is InChI=1S/C9H7N3O2/c10-6-1-2-13-9-4-8-7(3-5(6)9)11-14-12-8/h1,3-4H,2,10H2. The maximum atomic E-state index is 5.81. The molecule has 0 atom stereocenters. The summed E-state index contributed by atoms with van der Waals surface area (Å²) in [6, 6.07) is 3.59. The van der Waals surface area contributed by atoms with Crippen molar-refractivity contribution >= 4 is 16.7 Å². The van der Waals surface area contributed by atoms with Crippen molar-refractivity contribution in [2.24, 2.45) is 5.73 Å². The Balaban J connectivity index is 2.35. The molecule has 2 N–H and O–H groups in total. The molecule has 1 aromatic heterocycles. The molecular weight excluding hydrogens is 182 g/mol. The van der Waals surface area contributed by atoms with E-state index in [2.05, 4.69) is 14.9 Å². The first-order valence-electron chi connectivity index (χ1n) is 4.20. The topological polar surface area (TPSA) is 74.2 Å². The Labute approximate surface area is 79.1 Å². The largest absolute Gasteiger partial charge is 0.489 e. The molecule has 1 aliphatic heterocycles. The fourth-order valence-corrected chi connectivity index (χ4v) is 1.49. The first-order chi connectivity index (χ1) is 6.84. The van der Waals surface area contributed by atoms with Gasteiger partial charge < -0.3 is 10.5 Å². The van der Waals surface area contributed by atoms with Crippen LogP contribution in [0.25, 0.3) is 16.7 Å². The van der Waals surface area contributed by atoms with Gasteiger partial charge in [-0.1, -0.05) is 0 Å². The zero-order valence-electron chi connectivity index (χ0n) is 7.23. The average molecular weight is 189 g/mol. The maximum Gasteiger partial charge on any atom is 0.138 e. The van der Waals surface area contributed by atoms with Crippen LogP contribution in [0.2, 0.25) is 0 Å². The molecule has 0 saturated heterocycles. The van der Waals surface area contributed by atoms with E-state index in [1.807, 2.05) is 12.1 Å². The van der Waals surface area contributed by atoms with Gasteiger partial charge in [0.15, 0.2) is 0 Å². The van der Waals surface area contributed by atoms with Crippen molar-refractivity contribution in [1.82, 2.24) is 10.3 Å². The van der Waals surface area contributed by atoms with E-state index in [9.17, 15) is 0 Å². The zero-order valence-corrected chi connectivity index (χ0v) is 7.23. The molecule has 5 heteroatoms. The van der Waals surface area contributed by atoms with Crippen LogP contribution in [0.1, 0.15) is 5.56 Å². The molecule has 0 bridgehead atoms. The van der Waals surface area contributed by atoms with Crippen LogP contribution in [-0.4, -0.2) is 16.9 Å². The molecule has 1 aliphatic rings. The third kappa shape index (κ3) is 0.891. The van der Waals surface area contributed by atoms with Crippen LogP contribution in [0.15, 0.2) is 22.8 Å². The number of nitrogens with two attached hydrogens (primary N) is 1. The van der Waals surface area contributed by atoms with Crippen LogP contribution in [0.5, 0.6) is 5.75 Å². The van der Waals surface area contributed by atoms with E-state index in [1.54, 1.807) is 6.07 Å². The fraction of sp³-hybridized carbons (Fsp3) is 0.111. The van der Waals surface area contributed by atoms with Gasteiger partial charge in [0.1, 0.15) is 23.4 Å². The highest BCUT2D eigenvalue weighted by atomic mass is 16.6. The Morgan fingerprint density at radius 1 is 1.21 bits per heavy atom. The summed E-state index contributed by atoms with van der Waals surface area (Å²) < 4.78 is 10.0. The van der Waals surface area contributed by atoms with Gasteiger partial charge in [-0.05, 0) is 22.5 Å². The van der Waals surface area contributed by atoms with Crippen molar-refractivity contribution in [2.45, 2.75) is 0 Å². The number of nitrogens with zero attached hydrogens (tertiary/aromatic N) is 2. The first kappa shape index (κ1) is 7.37. The summed E-state index contributed by atoms with van der Waals surface area (Å²) >= 11 is 0. The monoisotopic (exact) mass is 189 g/mol. The lowest BCUT2D eigenvalue weighted by Gasteiger charge is -2.14. The van der Waals surface area contributed by atoms with Gasteiger partial charge in [-0.15, -0.1) is 0 Å². The predicted molar refractivity (Wildman–Crippen MR) is 49.5 cm³/mol. The molecule has 0 unspecified atom stereocenters. The summed E-state index contributed by atoms with van der Waals surface area (Å²) in [5.41, 5.74) is 8.72. The Bertz CT molecular complexity index is 530. The molecule has 3 rings (SSSR count). The number of fused-ring (bicyclic) bond motifs is 2. The van der Waals surface area contributed by atoms with E-state index in [0.717, 1.165) is 11.3 Å². The Hall–Kier alpha value is -2.04. The second kappa shape index (κ2) is 2.47. The SMILES string of the molecule is NC1=CCOc2cc3nonc3cc21. The first-order valence-corrected chi connectivity index (χ1v) is 4.20. The number of benzene rings is 1. The third-order valence-corrected chi connectivity index (χ3v) is 2.21. The minimum Gasteiger partial charge on any atom is -0.489 e.